The van der Waals surface area contributed by atoms with Crippen LogP contribution in [0, 0.1) is 0 Å². The Morgan fingerprint density at radius 3 is 2.80 bits per heavy atom. The molecule has 1 aromatic rings. The Labute approximate surface area is 96.1 Å². The zero-order chi connectivity index (χ0) is 11.0. The SMILES string of the molecule is CN(C)/N=C1\C(=O)Nc2ccc(Br)cc21. The van der Waals surface area contributed by atoms with Crippen molar-refractivity contribution in [3.63, 3.8) is 0 Å². The fraction of sp³-hybridized carbons (Fsp3) is 0.200. The molecule has 2 rings (SSSR count). The van der Waals surface area contributed by atoms with Gasteiger partial charge in [-0.25, -0.2) is 0 Å². The maximum atomic E-state index is 11.6. The van der Waals surface area contributed by atoms with Crippen LogP contribution < -0.4 is 5.32 Å². The minimum absolute atomic E-state index is 0.156. The monoisotopic (exact) mass is 267 g/mol. The van der Waals surface area contributed by atoms with Crippen LogP contribution in [-0.2, 0) is 4.79 Å². The number of hydrogen-bond acceptors (Lipinski definition) is 3. The van der Waals surface area contributed by atoms with Gasteiger partial charge in [0.2, 0.25) is 0 Å². The lowest BCUT2D eigenvalue weighted by molar-refractivity contribution is -0.110. The molecule has 1 aliphatic heterocycles. The average molecular weight is 268 g/mol. The van der Waals surface area contributed by atoms with Gasteiger partial charge in [0, 0.05) is 24.1 Å². The van der Waals surface area contributed by atoms with Crippen molar-refractivity contribution in [3.05, 3.63) is 28.2 Å². The van der Waals surface area contributed by atoms with E-state index in [0.717, 1.165) is 15.7 Å². The largest absolute Gasteiger partial charge is 0.320 e. The van der Waals surface area contributed by atoms with Crippen LogP contribution in [0.1, 0.15) is 5.56 Å². The molecule has 0 saturated heterocycles. The van der Waals surface area contributed by atoms with Gasteiger partial charge in [0.25, 0.3) is 5.91 Å². The van der Waals surface area contributed by atoms with Gasteiger partial charge < -0.3 is 10.3 Å². The van der Waals surface area contributed by atoms with E-state index in [1.807, 2.05) is 18.2 Å². The highest BCUT2D eigenvalue weighted by Crippen LogP contribution is 2.26. The molecule has 1 aliphatic rings. The van der Waals surface area contributed by atoms with Crippen molar-refractivity contribution in [2.45, 2.75) is 0 Å². The molecule has 0 radical (unpaired) electrons. The van der Waals surface area contributed by atoms with E-state index >= 15 is 0 Å². The van der Waals surface area contributed by atoms with Gasteiger partial charge in [-0.2, -0.15) is 5.10 Å². The Kier molecular flexibility index (Phi) is 2.48. The first kappa shape index (κ1) is 10.2. The second-order valence-corrected chi connectivity index (χ2v) is 4.36. The van der Waals surface area contributed by atoms with Gasteiger partial charge in [-0.1, -0.05) is 15.9 Å². The summed E-state index contributed by atoms with van der Waals surface area (Å²) in [6.45, 7) is 0. The molecule has 0 bridgehead atoms. The van der Waals surface area contributed by atoms with Gasteiger partial charge in [-0.05, 0) is 18.2 Å². The number of hydrogen-bond donors (Lipinski definition) is 1. The summed E-state index contributed by atoms with van der Waals surface area (Å²) in [5, 5.41) is 8.54. The van der Waals surface area contributed by atoms with Crippen molar-refractivity contribution in [3.8, 4) is 0 Å². The minimum Gasteiger partial charge on any atom is -0.320 e. The summed E-state index contributed by atoms with van der Waals surface area (Å²) in [6, 6.07) is 5.63. The van der Waals surface area contributed by atoms with Crippen LogP contribution in [0.25, 0.3) is 0 Å². The number of carbonyl (C=O) groups excluding carboxylic acids is 1. The van der Waals surface area contributed by atoms with Crippen molar-refractivity contribution in [2.24, 2.45) is 5.10 Å². The number of nitrogens with one attached hydrogen (secondary N) is 1. The van der Waals surface area contributed by atoms with E-state index < -0.39 is 0 Å². The number of benzene rings is 1. The van der Waals surface area contributed by atoms with Crippen LogP contribution in [0.4, 0.5) is 5.69 Å². The number of rotatable bonds is 1. The Bertz CT molecular complexity index is 454. The summed E-state index contributed by atoms with van der Waals surface area (Å²) in [7, 11) is 3.58. The van der Waals surface area contributed by atoms with Crippen molar-refractivity contribution in [1.29, 1.82) is 0 Å². The highest BCUT2D eigenvalue weighted by Gasteiger charge is 2.26. The van der Waals surface area contributed by atoms with Crippen molar-refractivity contribution >= 4 is 33.2 Å². The van der Waals surface area contributed by atoms with Gasteiger partial charge in [0.1, 0.15) is 0 Å². The van der Waals surface area contributed by atoms with E-state index in [0.29, 0.717) is 5.71 Å². The summed E-state index contributed by atoms with van der Waals surface area (Å²) in [4.78, 5) is 11.6. The molecule has 0 fully saturated rings. The molecule has 1 N–H and O–H groups in total. The highest BCUT2D eigenvalue weighted by molar-refractivity contribution is 9.10. The van der Waals surface area contributed by atoms with E-state index in [1.165, 1.54) is 0 Å². The lowest BCUT2D eigenvalue weighted by Gasteiger charge is -2.05. The molecular formula is C10H10BrN3O. The van der Waals surface area contributed by atoms with Gasteiger partial charge in [-0.3, -0.25) is 4.79 Å². The number of fused-ring (bicyclic) bond motifs is 1. The number of amides is 1. The van der Waals surface area contributed by atoms with Gasteiger partial charge in [0.15, 0.2) is 5.71 Å². The van der Waals surface area contributed by atoms with Crippen LogP contribution in [0.3, 0.4) is 0 Å². The Morgan fingerprint density at radius 2 is 2.13 bits per heavy atom. The second-order valence-electron chi connectivity index (χ2n) is 3.44. The van der Waals surface area contributed by atoms with Crippen molar-refractivity contribution in [2.75, 3.05) is 19.4 Å². The normalized spacial score (nSPS) is 16.5. The summed E-state index contributed by atoms with van der Waals surface area (Å²) < 4.78 is 0.934. The first-order valence-electron chi connectivity index (χ1n) is 4.45. The third-order valence-electron chi connectivity index (χ3n) is 2.00. The smallest absolute Gasteiger partial charge is 0.276 e. The summed E-state index contributed by atoms with van der Waals surface area (Å²) in [6.07, 6.45) is 0. The van der Waals surface area contributed by atoms with Gasteiger partial charge >= 0.3 is 0 Å². The van der Waals surface area contributed by atoms with E-state index in [4.69, 9.17) is 0 Å². The third kappa shape index (κ3) is 1.87. The van der Waals surface area contributed by atoms with Crippen LogP contribution in [-0.4, -0.2) is 30.7 Å². The zero-order valence-corrected chi connectivity index (χ0v) is 10.00. The molecule has 0 unspecified atom stereocenters. The maximum Gasteiger partial charge on any atom is 0.276 e. The van der Waals surface area contributed by atoms with Crippen LogP contribution in [0.15, 0.2) is 27.8 Å². The van der Waals surface area contributed by atoms with Crippen LogP contribution in [0.5, 0.6) is 0 Å². The van der Waals surface area contributed by atoms with Gasteiger partial charge in [0.05, 0.1) is 5.69 Å². The molecule has 0 aromatic heterocycles. The summed E-state index contributed by atoms with van der Waals surface area (Å²) in [5.74, 6) is -0.156. The fourth-order valence-electron chi connectivity index (χ4n) is 1.42. The molecular weight excluding hydrogens is 258 g/mol. The predicted molar refractivity (Wildman–Crippen MR) is 63.0 cm³/mol. The second kappa shape index (κ2) is 3.66. The Hall–Kier alpha value is -1.36. The molecule has 0 saturated carbocycles. The van der Waals surface area contributed by atoms with E-state index in [2.05, 4.69) is 26.3 Å². The molecule has 5 heteroatoms. The average Bonchev–Trinajstić information content (AvgIpc) is 2.43. The molecule has 0 aliphatic carbocycles. The quantitative estimate of drug-likeness (QED) is 0.787. The number of hydrazone groups is 1. The minimum atomic E-state index is -0.156. The Balaban J connectivity index is 2.53. The molecule has 1 amide bonds. The lowest BCUT2D eigenvalue weighted by atomic mass is 10.1. The first-order chi connectivity index (χ1) is 7.08. The van der Waals surface area contributed by atoms with E-state index in [9.17, 15) is 4.79 Å². The summed E-state index contributed by atoms with van der Waals surface area (Å²) in [5.41, 5.74) is 2.10. The maximum absolute atomic E-state index is 11.6. The Morgan fingerprint density at radius 1 is 1.40 bits per heavy atom. The lowest BCUT2D eigenvalue weighted by Crippen LogP contribution is -2.18. The summed E-state index contributed by atoms with van der Waals surface area (Å²) >= 11 is 3.37. The van der Waals surface area contributed by atoms with E-state index in [-0.39, 0.29) is 5.91 Å². The molecule has 0 spiro atoms. The van der Waals surface area contributed by atoms with Crippen LogP contribution in [0.2, 0.25) is 0 Å². The first-order valence-corrected chi connectivity index (χ1v) is 5.24. The number of halogens is 1. The fourth-order valence-corrected chi connectivity index (χ4v) is 1.79. The van der Waals surface area contributed by atoms with Crippen molar-refractivity contribution in [1.82, 2.24) is 5.01 Å². The van der Waals surface area contributed by atoms with Crippen molar-refractivity contribution < 1.29 is 4.79 Å². The number of nitrogens with zero attached hydrogens (tertiary/aromatic N) is 2. The third-order valence-corrected chi connectivity index (χ3v) is 2.49. The molecule has 78 valence electrons. The zero-order valence-electron chi connectivity index (χ0n) is 8.41. The molecule has 1 heterocycles. The molecule has 1 aromatic carbocycles. The topological polar surface area (TPSA) is 44.7 Å². The highest BCUT2D eigenvalue weighted by atomic mass is 79.9. The predicted octanol–water partition coefficient (Wildman–Crippen LogP) is 1.67. The number of carbonyl (C=O) groups is 1. The molecule has 4 nitrogen and oxygen atoms in total. The molecule has 0 atom stereocenters. The standard InChI is InChI=1S/C10H10BrN3O/c1-14(2)13-9-7-5-6(11)3-4-8(7)12-10(9)15/h3-5H,1-2H3,(H,12,13,15). The van der Waals surface area contributed by atoms with Crippen LogP contribution >= 0.6 is 15.9 Å². The molecule has 15 heavy (non-hydrogen) atoms. The number of anilines is 1. The van der Waals surface area contributed by atoms with Gasteiger partial charge in [-0.15, -0.1) is 0 Å². The van der Waals surface area contributed by atoms with E-state index in [1.54, 1.807) is 19.1 Å².